The second kappa shape index (κ2) is 7.38. The fraction of sp³-hybridized carbons (Fsp3) is 0.727. The van der Waals surface area contributed by atoms with Gasteiger partial charge in [0.05, 0.1) is 18.9 Å². The highest BCUT2D eigenvalue weighted by Crippen LogP contribution is 1.96. The number of aromatic nitrogens is 2. The van der Waals surface area contributed by atoms with Crippen LogP contribution in [0.4, 0.5) is 0 Å². The molecule has 0 saturated heterocycles. The standard InChI is InChI=1S/C11H21N3O2/c1-3-16-9-11(15)7-12-5-4-10-6-13-14(2)8-10/h6,8,11-12,15H,3-5,7,9H2,1-2H3. The van der Waals surface area contributed by atoms with Crippen LogP contribution in [0.2, 0.25) is 0 Å². The van der Waals surface area contributed by atoms with Crippen LogP contribution in [0.25, 0.3) is 0 Å². The summed E-state index contributed by atoms with van der Waals surface area (Å²) in [5.74, 6) is 0. The van der Waals surface area contributed by atoms with Gasteiger partial charge in [-0.1, -0.05) is 0 Å². The molecule has 0 spiro atoms. The highest BCUT2D eigenvalue weighted by Gasteiger charge is 2.02. The lowest BCUT2D eigenvalue weighted by Gasteiger charge is -2.11. The number of rotatable bonds is 8. The van der Waals surface area contributed by atoms with E-state index in [1.165, 1.54) is 5.56 Å². The van der Waals surface area contributed by atoms with Crippen LogP contribution in [0.1, 0.15) is 12.5 Å². The first kappa shape index (κ1) is 13.2. The summed E-state index contributed by atoms with van der Waals surface area (Å²) in [6.45, 7) is 4.38. The second-order valence-corrected chi connectivity index (χ2v) is 3.79. The quantitative estimate of drug-likeness (QED) is 0.611. The van der Waals surface area contributed by atoms with E-state index in [4.69, 9.17) is 4.74 Å². The maximum Gasteiger partial charge on any atom is 0.0897 e. The molecule has 2 N–H and O–H groups in total. The smallest absolute Gasteiger partial charge is 0.0897 e. The largest absolute Gasteiger partial charge is 0.389 e. The molecular weight excluding hydrogens is 206 g/mol. The van der Waals surface area contributed by atoms with Crippen LogP contribution >= 0.6 is 0 Å². The van der Waals surface area contributed by atoms with Gasteiger partial charge in [0.25, 0.3) is 0 Å². The molecule has 1 atom stereocenters. The van der Waals surface area contributed by atoms with Crippen molar-refractivity contribution >= 4 is 0 Å². The predicted molar refractivity (Wildman–Crippen MR) is 62.3 cm³/mol. The third-order valence-electron chi connectivity index (χ3n) is 2.24. The molecule has 5 nitrogen and oxygen atoms in total. The van der Waals surface area contributed by atoms with Gasteiger partial charge in [-0.15, -0.1) is 0 Å². The van der Waals surface area contributed by atoms with Crippen molar-refractivity contribution in [1.82, 2.24) is 15.1 Å². The van der Waals surface area contributed by atoms with E-state index in [0.29, 0.717) is 19.8 Å². The molecular formula is C11H21N3O2. The van der Waals surface area contributed by atoms with E-state index < -0.39 is 6.10 Å². The zero-order valence-electron chi connectivity index (χ0n) is 10.0. The van der Waals surface area contributed by atoms with Crippen molar-refractivity contribution in [3.8, 4) is 0 Å². The van der Waals surface area contributed by atoms with Crippen molar-refractivity contribution in [1.29, 1.82) is 0 Å². The Morgan fingerprint density at radius 1 is 1.62 bits per heavy atom. The summed E-state index contributed by atoms with van der Waals surface area (Å²) >= 11 is 0. The molecule has 1 unspecified atom stereocenters. The zero-order chi connectivity index (χ0) is 11.8. The van der Waals surface area contributed by atoms with Crippen LogP contribution < -0.4 is 5.32 Å². The summed E-state index contributed by atoms with van der Waals surface area (Å²) in [5, 5.41) is 16.8. The molecule has 1 aromatic rings. The Morgan fingerprint density at radius 2 is 2.44 bits per heavy atom. The van der Waals surface area contributed by atoms with Gasteiger partial charge in [0.1, 0.15) is 0 Å². The van der Waals surface area contributed by atoms with Gasteiger partial charge >= 0.3 is 0 Å². The maximum absolute atomic E-state index is 9.48. The number of aryl methyl sites for hydroxylation is 1. The number of ether oxygens (including phenoxy) is 1. The average molecular weight is 227 g/mol. The van der Waals surface area contributed by atoms with Gasteiger partial charge in [-0.3, -0.25) is 4.68 Å². The minimum Gasteiger partial charge on any atom is -0.389 e. The van der Waals surface area contributed by atoms with Crippen molar-refractivity contribution in [3.63, 3.8) is 0 Å². The van der Waals surface area contributed by atoms with Crippen LogP contribution in [0.5, 0.6) is 0 Å². The van der Waals surface area contributed by atoms with Crippen molar-refractivity contribution in [2.24, 2.45) is 7.05 Å². The van der Waals surface area contributed by atoms with Crippen LogP contribution in [-0.2, 0) is 18.2 Å². The Balaban J connectivity index is 2.03. The Hall–Kier alpha value is -0.910. The third kappa shape index (κ3) is 5.25. The minimum atomic E-state index is -0.422. The molecule has 1 aromatic heterocycles. The number of nitrogens with one attached hydrogen (secondary N) is 1. The van der Waals surface area contributed by atoms with E-state index in [2.05, 4.69) is 10.4 Å². The lowest BCUT2D eigenvalue weighted by atomic mass is 10.2. The number of aliphatic hydroxyl groups excluding tert-OH is 1. The highest BCUT2D eigenvalue weighted by atomic mass is 16.5. The molecule has 5 heteroatoms. The Bertz CT molecular complexity index is 289. The molecule has 0 aliphatic carbocycles. The summed E-state index contributed by atoms with van der Waals surface area (Å²) in [7, 11) is 1.91. The first-order valence-corrected chi connectivity index (χ1v) is 5.66. The summed E-state index contributed by atoms with van der Waals surface area (Å²) in [5.41, 5.74) is 1.20. The number of hydrogen-bond acceptors (Lipinski definition) is 4. The molecule has 0 radical (unpaired) electrons. The molecule has 0 saturated carbocycles. The average Bonchev–Trinajstić information content (AvgIpc) is 2.67. The van der Waals surface area contributed by atoms with Crippen LogP contribution in [-0.4, -0.2) is 47.3 Å². The second-order valence-electron chi connectivity index (χ2n) is 3.79. The first-order valence-electron chi connectivity index (χ1n) is 5.66. The maximum atomic E-state index is 9.48. The monoisotopic (exact) mass is 227 g/mol. The van der Waals surface area contributed by atoms with E-state index in [1.807, 2.05) is 26.4 Å². The predicted octanol–water partition coefficient (Wildman–Crippen LogP) is -0.0504. The van der Waals surface area contributed by atoms with Crippen molar-refractivity contribution < 1.29 is 9.84 Å². The van der Waals surface area contributed by atoms with Gasteiger partial charge in [0.2, 0.25) is 0 Å². The molecule has 0 aromatic carbocycles. The van der Waals surface area contributed by atoms with Crippen LogP contribution in [0.3, 0.4) is 0 Å². The molecule has 0 aliphatic heterocycles. The summed E-state index contributed by atoms with van der Waals surface area (Å²) in [6, 6.07) is 0. The normalized spacial score (nSPS) is 12.9. The Morgan fingerprint density at radius 3 is 3.06 bits per heavy atom. The van der Waals surface area contributed by atoms with E-state index >= 15 is 0 Å². The first-order chi connectivity index (χ1) is 7.72. The molecule has 92 valence electrons. The fourth-order valence-corrected chi connectivity index (χ4v) is 1.42. The molecule has 1 heterocycles. The summed E-state index contributed by atoms with van der Waals surface area (Å²) < 4.78 is 6.90. The zero-order valence-corrected chi connectivity index (χ0v) is 10.0. The third-order valence-corrected chi connectivity index (χ3v) is 2.24. The number of nitrogens with zero attached hydrogens (tertiary/aromatic N) is 2. The molecule has 0 bridgehead atoms. The molecule has 0 fully saturated rings. The highest BCUT2D eigenvalue weighted by molar-refractivity contribution is 5.03. The van der Waals surface area contributed by atoms with E-state index in [-0.39, 0.29) is 0 Å². The van der Waals surface area contributed by atoms with Crippen molar-refractivity contribution in [2.75, 3.05) is 26.3 Å². The summed E-state index contributed by atoms with van der Waals surface area (Å²) in [6.07, 6.45) is 4.36. The number of hydrogen-bond donors (Lipinski definition) is 2. The van der Waals surface area contributed by atoms with Gasteiger partial charge in [0.15, 0.2) is 0 Å². The van der Waals surface area contributed by atoms with Crippen molar-refractivity contribution in [2.45, 2.75) is 19.4 Å². The molecule has 0 amide bonds. The van der Waals surface area contributed by atoms with Crippen LogP contribution in [0, 0.1) is 0 Å². The SMILES string of the molecule is CCOCC(O)CNCCc1cnn(C)c1. The number of aliphatic hydroxyl groups is 1. The van der Waals surface area contributed by atoms with Crippen LogP contribution in [0.15, 0.2) is 12.4 Å². The Kier molecular flexibility index (Phi) is 6.07. The van der Waals surface area contributed by atoms with Gasteiger partial charge in [0, 0.05) is 26.4 Å². The molecule has 16 heavy (non-hydrogen) atoms. The van der Waals surface area contributed by atoms with E-state index in [0.717, 1.165) is 13.0 Å². The summed E-state index contributed by atoms with van der Waals surface area (Å²) in [4.78, 5) is 0. The molecule has 1 rings (SSSR count). The minimum absolute atomic E-state index is 0.399. The lowest BCUT2D eigenvalue weighted by Crippen LogP contribution is -2.31. The molecule has 0 aliphatic rings. The van der Waals surface area contributed by atoms with Gasteiger partial charge in [-0.05, 0) is 25.5 Å². The topological polar surface area (TPSA) is 59.3 Å². The van der Waals surface area contributed by atoms with Gasteiger partial charge < -0.3 is 15.2 Å². The fourth-order valence-electron chi connectivity index (χ4n) is 1.42. The van der Waals surface area contributed by atoms with E-state index in [9.17, 15) is 5.11 Å². The van der Waals surface area contributed by atoms with E-state index in [1.54, 1.807) is 4.68 Å². The van der Waals surface area contributed by atoms with Crippen molar-refractivity contribution in [3.05, 3.63) is 18.0 Å². The van der Waals surface area contributed by atoms with Gasteiger partial charge in [-0.2, -0.15) is 5.10 Å². The van der Waals surface area contributed by atoms with Gasteiger partial charge in [-0.25, -0.2) is 0 Å². The lowest BCUT2D eigenvalue weighted by molar-refractivity contribution is 0.0430. The Labute approximate surface area is 96.4 Å².